The first-order valence-corrected chi connectivity index (χ1v) is 5.50. The zero-order valence-corrected chi connectivity index (χ0v) is 8.60. The van der Waals surface area contributed by atoms with Crippen LogP contribution in [-0.4, -0.2) is 16.1 Å². The van der Waals surface area contributed by atoms with E-state index in [1.165, 1.54) is 0 Å². The lowest BCUT2D eigenvalue weighted by Gasteiger charge is -2.26. The van der Waals surface area contributed by atoms with Crippen LogP contribution in [0, 0.1) is 0 Å². The molecule has 14 heavy (non-hydrogen) atoms. The van der Waals surface area contributed by atoms with Crippen molar-refractivity contribution in [2.45, 2.75) is 12.6 Å². The summed E-state index contributed by atoms with van der Waals surface area (Å²) in [7, 11) is 0. The molecule has 0 aromatic heterocycles. The molecule has 2 aliphatic heterocycles. The molecule has 1 saturated heterocycles. The van der Waals surface area contributed by atoms with Gasteiger partial charge in [-0.1, -0.05) is 18.2 Å². The molecule has 1 amide bonds. The molecule has 72 valence electrons. The van der Waals surface area contributed by atoms with Crippen LogP contribution >= 0.6 is 11.9 Å². The third-order valence-corrected chi connectivity index (χ3v) is 3.95. The number of hydrogen-bond acceptors (Lipinski definition) is 3. The van der Waals surface area contributed by atoms with Gasteiger partial charge < -0.3 is 0 Å². The minimum Gasteiger partial charge on any atom is -0.279 e. The Labute approximate surface area is 86.6 Å². The van der Waals surface area contributed by atoms with E-state index in [4.69, 9.17) is 0 Å². The van der Waals surface area contributed by atoms with E-state index in [1.807, 2.05) is 28.6 Å². The zero-order valence-electron chi connectivity index (χ0n) is 7.78. The second-order valence-corrected chi connectivity index (χ2v) is 4.58. The Kier molecular flexibility index (Phi) is 1.50. The molecule has 1 fully saturated rings. The van der Waals surface area contributed by atoms with Crippen LogP contribution in [0.2, 0.25) is 0 Å². The maximum absolute atomic E-state index is 11.9. The monoisotopic (exact) mass is 206 g/mol. The van der Waals surface area contributed by atoms with Crippen molar-refractivity contribution in [1.82, 2.24) is 9.62 Å². The molecular formula is C10H10N2OS. The summed E-state index contributed by atoms with van der Waals surface area (Å²) in [5.41, 5.74) is 1.63. The number of nitrogens with zero attached hydrogens (tertiary/aromatic N) is 1. The van der Waals surface area contributed by atoms with Crippen molar-refractivity contribution in [2.75, 3.05) is 5.88 Å². The molecule has 1 atom stereocenters. The van der Waals surface area contributed by atoms with Gasteiger partial charge in [0, 0.05) is 11.1 Å². The third kappa shape index (κ3) is 0.804. The summed E-state index contributed by atoms with van der Waals surface area (Å²) >= 11 is 1.55. The summed E-state index contributed by atoms with van der Waals surface area (Å²) in [4.78, 5) is 11.9. The molecule has 2 heterocycles. The number of carbonyl (C=O) groups is 1. The van der Waals surface area contributed by atoms with Crippen LogP contribution in [0.4, 0.5) is 0 Å². The number of nitrogens with one attached hydrogen (secondary N) is 1. The van der Waals surface area contributed by atoms with Crippen LogP contribution in [-0.2, 0) is 5.66 Å². The van der Waals surface area contributed by atoms with E-state index in [0.29, 0.717) is 0 Å². The van der Waals surface area contributed by atoms with Crippen molar-refractivity contribution in [3.63, 3.8) is 0 Å². The fourth-order valence-electron chi connectivity index (χ4n) is 2.11. The van der Waals surface area contributed by atoms with Crippen LogP contribution in [0.25, 0.3) is 0 Å². The average Bonchev–Trinajstić information content (AvgIpc) is 2.67. The second kappa shape index (κ2) is 2.52. The van der Waals surface area contributed by atoms with E-state index in [1.54, 1.807) is 11.9 Å². The van der Waals surface area contributed by atoms with Gasteiger partial charge in [0.15, 0.2) is 0 Å². The van der Waals surface area contributed by atoms with Crippen molar-refractivity contribution in [2.24, 2.45) is 0 Å². The highest BCUT2D eigenvalue weighted by Crippen LogP contribution is 2.44. The van der Waals surface area contributed by atoms with Crippen molar-refractivity contribution < 1.29 is 4.79 Å². The minimum atomic E-state index is -0.293. The van der Waals surface area contributed by atoms with Gasteiger partial charge in [0.25, 0.3) is 5.91 Å². The molecule has 3 rings (SSSR count). The molecule has 0 radical (unpaired) electrons. The average molecular weight is 206 g/mol. The number of rotatable bonds is 0. The SMILES string of the molecule is CC12NCSN1C(=O)c1ccccc12. The Bertz CT molecular complexity index is 420. The van der Waals surface area contributed by atoms with Crippen LogP contribution in [0.5, 0.6) is 0 Å². The summed E-state index contributed by atoms with van der Waals surface area (Å²) in [5, 5.41) is 3.35. The molecule has 1 aromatic rings. The Morgan fingerprint density at radius 3 is 3.14 bits per heavy atom. The summed E-state index contributed by atoms with van der Waals surface area (Å²) in [6.45, 7) is 2.05. The van der Waals surface area contributed by atoms with E-state index in [0.717, 1.165) is 17.0 Å². The molecule has 1 aromatic carbocycles. The lowest BCUT2D eigenvalue weighted by atomic mass is 10.0. The van der Waals surface area contributed by atoms with Gasteiger partial charge in [-0.15, -0.1) is 0 Å². The van der Waals surface area contributed by atoms with Gasteiger partial charge >= 0.3 is 0 Å². The maximum atomic E-state index is 11.9. The van der Waals surface area contributed by atoms with Gasteiger partial charge in [-0.25, -0.2) is 0 Å². The fourth-order valence-corrected chi connectivity index (χ4v) is 3.22. The van der Waals surface area contributed by atoms with Crippen LogP contribution in [0.15, 0.2) is 24.3 Å². The quantitative estimate of drug-likeness (QED) is 0.653. The smallest absolute Gasteiger partial charge is 0.266 e. The molecule has 0 spiro atoms. The summed E-state index contributed by atoms with van der Waals surface area (Å²) in [6.07, 6.45) is 0. The van der Waals surface area contributed by atoms with Gasteiger partial charge in [-0.3, -0.25) is 14.4 Å². The maximum Gasteiger partial charge on any atom is 0.266 e. The van der Waals surface area contributed by atoms with Crippen molar-refractivity contribution in [3.05, 3.63) is 35.4 Å². The van der Waals surface area contributed by atoms with E-state index in [9.17, 15) is 4.79 Å². The Balaban J connectivity index is 2.26. The Morgan fingerprint density at radius 2 is 2.29 bits per heavy atom. The molecule has 1 unspecified atom stereocenters. The Hall–Kier alpha value is -1.00. The van der Waals surface area contributed by atoms with E-state index in [-0.39, 0.29) is 11.6 Å². The predicted octanol–water partition coefficient (Wildman–Crippen LogP) is 1.52. The number of fused-ring (bicyclic) bond motifs is 3. The van der Waals surface area contributed by atoms with E-state index >= 15 is 0 Å². The van der Waals surface area contributed by atoms with E-state index in [2.05, 4.69) is 12.2 Å². The van der Waals surface area contributed by atoms with E-state index < -0.39 is 0 Å². The molecule has 0 bridgehead atoms. The summed E-state index contributed by atoms with van der Waals surface area (Å²) in [6, 6.07) is 7.80. The minimum absolute atomic E-state index is 0.123. The normalized spacial score (nSPS) is 29.2. The first-order valence-electron chi connectivity index (χ1n) is 4.55. The largest absolute Gasteiger partial charge is 0.279 e. The van der Waals surface area contributed by atoms with Crippen molar-refractivity contribution >= 4 is 17.9 Å². The lowest BCUT2D eigenvalue weighted by Crippen LogP contribution is -2.41. The third-order valence-electron chi connectivity index (χ3n) is 2.88. The van der Waals surface area contributed by atoms with Gasteiger partial charge in [0.05, 0.1) is 5.88 Å². The number of benzene rings is 1. The van der Waals surface area contributed by atoms with Crippen LogP contribution in [0.1, 0.15) is 22.8 Å². The van der Waals surface area contributed by atoms with Crippen molar-refractivity contribution in [3.8, 4) is 0 Å². The van der Waals surface area contributed by atoms with Crippen LogP contribution in [0.3, 0.4) is 0 Å². The highest BCUT2D eigenvalue weighted by atomic mass is 32.2. The lowest BCUT2D eigenvalue weighted by molar-refractivity contribution is 0.0801. The Morgan fingerprint density at radius 1 is 1.50 bits per heavy atom. The molecule has 3 nitrogen and oxygen atoms in total. The summed E-state index contributed by atoms with van der Waals surface area (Å²) in [5.74, 6) is 0.925. The number of amides is 1. The molecule has 2 aliphatic rings. The zero-order chi connectivity index (χ0) is 9.76. The predicted molar refractivity (Wildman–Crippen MR) is 55.6 cm³/mol. The highest BCUT2D eigenvalue weighted by Gasteiger charge is 2.49. The fraction of sp³-hybridized carbons (Fsp3) is 0.300. The molecule has 4 heteroatoms. The number of hydrogen-bond donors (Lipinski definition) is 1. The highest BCUT2D eigenvalue weighted by molar-refractivity contribution is 7.97. The first kappa shape index (κ1) is 8.32. The standard InChI is InChI=1S/C10H10N2OS/c1-10-8-5-3-2-4-7(8)9(13)12(10)14-6-11-10/h2-5,11H,6H2,1H3. The molecule has 0 saturated carbocycles. The molecular weight excluding hydrogens is 196 g/mol. The second-order valence-electron chi connectivity index (χ2n) is 3.67. The van der Waals surface area contributed by atoms with Crippen molar-refractivity contribution in [1.29, 1.82) is 0 Å². The topological polar surface area (TPSA) is 32.3 Å². The number of carbonyl (C=O) groups excluding carboxylic acids is 1. The van der Waals surface area contributed by atoms with Crippen LogP contribution < -0.4 is 5.32 Å². The molecule has 0 aliphatic carbocycles. The first-order chi connectivity index (χ1) is 6.73. The summed E-state index contributed by atoms with van der Waals surface area (Å²) < 4.78 is 1.83. The van der Waals surface area contributed by atoms with Gasteiger partial charge in [-0.2, -0.15) is 0 Å². The van der Waals surface area contributed by atoms with Gasteiger partial charge in [0.1, 0.15) is 5.66 Å². The molecule has 1 N–H and O–H groups in total. The van der Waals surface area contributed by atoms with Gasteiger partial charge in [-0.05, 0) is 24.9 Å². The van der Waals surface area contributed by atoms with Gasteiger partial charge in [0.2, 0.25) is 0 Å².